The molecular weight excluding hydrogens is 417 g/mol. The Morgan fingerprint density at radius 1 is 1.44 bits per heavy atom. The molecule has 0 saturated carbocycles. The molecule has 2 aromatic heterocycles. The van der Waals surface area contributed by atoms with Gasteiger partial charge in [-0.3, -0.25) is 0 Å². The van der Waals surface area contributed by atoms with Crippen LogP contribution in [0.2, 0.25) is 0 Å². The highest BCUT2D eigenvalue weighted by molar-refractivity contribution is 14.1. The van der Waals surface area contributed by atoms with Gasteiger partial charge in [-0.25, -0.2) is 0 Å². The van der Waals surface area contributed by atoms with E-state index in [4.69, 9.17) is 0 Å². The minimum atomic E-state index is 0.308. The number of nitrogens with one attached hydrogen (secondary N) is 1. The summed E-state index contributed by atoms with van der Waals surface area (Å²) < 4.78 is 2.53. The molecular formula is C11H11BrINS2. The maximum Gasteiger partial charge on any atom is 0.0704 e. The zero-order valence-electron chi connectivity index (χ0n) is 8.88. The second-order valence-electron chi connectivity index (χ2n) is 3.47. The second-order valence-corrected chi connectivity index (χ2v) is 8.91. The van der Waals surface area contributed by atoms with E-state index in [2.05, 4.69) is 68.3 Å². The summed E-state index contributed by atoms with van der Waals surface area (Å²) in [5, 5.41) is 5.62. The number of hydrogen-bond donors (Lipinski definition) is 1. The van der Waals surface area contributed by atoms with Gasteiger partial charge in [0.05, 0.1) is 12.7 Å². The van der Waals surface area contributed by atoms with E-state index < -0.39 is 0 Å². The van der Waals surface area contributed by atoms with E-state index in [1.807, 2.05) is 7.05 Å². The molecule has 16 heavy (non-hydrogen) atoms. The average Bonchev–Trinajstić information content (AvgIpc) is 2.76. The van der Waals surface area contributed by atoms with E-state index in [0.717, 1.165) is 0 Å². The van der Waals surface area contributed by atoms with Crippen LogP contribution in [0.25, 0.3) is 0 Å². The fourth-order valence-electron chi connectivity index (χ4n) is 1.72. The molecule has 1 atom stereocenters. The van der Waals surface area contributed by atoms with Crippen LogP contribution in [0.5, 0.6) is 0 Å². The summed E-state index contributed by atoms with van der Waals surface area (Å²) in [6.07, 6.45) is 0. The van der Waals surface area contributed by atoms with Crippen LogP contribution in [-0.4, -0.2) is 7.05 Å². The van der Waals surface area contributed by atoms with Crippen LogP contribution in [-0.2, 0) is 0 Å². The van der Waals surface area contributed by atoms with Crippen molar-refractivity contribution >= 4 is 61.2 Å². The van der Waals surface area contributed by atoms with Gasteiger partial charge in [0.1, 0.15) is 0 Å². The number of thiophene rings is 2. The molecule has 0 fully saturated rings. The van der Waals surface area contributed by atoms with Crippen molar-refractivity contribution in [3.63, 3.8) is 0 Å². The highest BCUT2D eigenvalue weighted by Crippen LogP contribution is 2.35. The summed E-state index contributed by atoms with van der Waals surface area (Å²) in [7, 11) is 2.01. The van der Waals surface area contributed by atoms with Crippen molar-refractivity contribution in [2.45, 2.75) is 13.0 Å². The van der Waals surface area contributed by atoms with Gasteiger partial charge < -0.3 is 5.32 Å². The lowest BCUT2D eigenvalue weighted by molar-refractivity contribution is 0.693. The lowest BCUT2D eigenvalue weighted by atomic mass is 10.0. The Balaban J connectivity index is 2.40. The molecule has 2 rings (SSSR count). The van der Waals surface area contributed by atoms with Crippen molar-refractivity contribution < 1.29 is 0 Å². The van der Waals surface area contributed by atoms with Crippen molar-refractivity contribution in [1.82, 2.24) is 5.32 Å². The van der Waals surface area contributed by atoms with E-state index in [0.29, 0.717) is 6.04 Å². The predicted molar refractivity (Wildman–Crippen MR) is 84.7 cm³/mol. The fraction of sp³-hybridized carbons (Fsp3) is 0.273. The van der Waals surface area contributed by atoms with Gasteiger partial charge in [0, 0.05) is 4.88 Å². The van der Waals surface area contributed by atoms with Crippen LogP contribution < -0.4 is 5.32 Å². The zero-order chi connectivity index (χ0) is 11.7. The topological polar surface area (TPSA) is 12.0 Å². The molecule has 0 bridgehead atoms. The third-order valence-electron chi connectivity index (χ3n) is 2.45. The van der Waals surface area contributed by atoms with Crippen LogP contribution in [0.15, 0.2) is 21.3 Å². The summed E-state index contributed by atoms with van der Waals surface area (Å²) in [4.78, 5) is 1.37. The van der Waals surface area contributed by atoms with E-state index >= 15 is 0 Å². The number of hydrogen-bond acceptors (Lipinski definition) is 3. The summed E-state index contributed by atoms with van der Waals surface area (Å²) in [6.45, 7) is 2.17. The van der Waals surface area contributed by atoms with Crippen molar-refractivity contribution in [2.75, 3.05) is 7.05 Å². The molecule has 0 spiro atoms. The normalized spacial score (nSPS) is 13.0. The van der Waals surface area contributed by atoms with Crippen LogP contribution >= 0.6 is 61.2 Å². The minimum absolute atomic E-state index is 0.308. The van der Waals surface area contributed by atoms with Gasteiger partial charge in [-0.05, 0) is 81.1 Å². The third-order valence-corrected chi connectivity index (χ3v) is 5.82. The monoisotopic (exact) mass is 427 g/mol. The molecule has 0 aliphatic rings. The van der Waals surface area contributed by atoms with E-state index in [1.54, 1.807) is 22.7 Å². The third kappa shape index (κ3) is 2.69. The van der Waals surface area contributed by atoms with Crippen LogP contribution in [0.1, 0.15) is 22.0 Å². The highest BCUT2D eigenvalue weighted by Gasteiger charge is 2.17. The molecule has 0 radical (unpaired) electrons. The maximum absolute atomic E-state index is 3.55. The Hall–Kier alpha value is 0.570. The Labute approximate surface area is 126 Å². The second kappa shape index (κ2) is 5.48. The fourth-order valence-corrected chi connectivity index (χ4v) is 4.87. The maximum atomic E-state index is 3.55. The van der Waals surface area contributed by atoms with Crippen LogP contribution in [0.4, 0.5) is 0 Å². The van der Waals surface area contributed by atoms with Gasteiger partial charge in [0.25, 0.3) is 0 Å². The molecule has 5 heteroatoms. The quantitative estimate of drug-likeness (QED) is 0.694. The lowest BCUT2D eigenvalue weighted by Crippen LogP contribution is -2.17. The zero-order valence-corrected chi connectivity index (χ0v) is 14.3. The van der Waals surface area contributed by atoms with Crippen LogP contribution in [0.3, 0.4) is 0 Å². The van der Waals surface area contributed by atoms with Gasteiger partial charge in [0.15, 0.2) is 0 Å². The Morgan fingerprint density at radius 2 is 2.19 bits per heavy atom. The first-order valence-electron chi connectivity index (χ1n) is 4.79. The molecule has 0 aromatic carbocycles. The molecule has 1 N–H and O–H groups in total. The predicted octanol–water partition coefficient (Wildman–Crippen LogP) is 4.79. The molecule has 0 saturated heterocycles. The molecule has 1 unspecified atom stereocenters. The van der Waals surface area contributed by atoms with Crippen LogP contribution in [0, 0.1) is 9.81 Å². The minimum Gasteiger partial charge on any atom is -0.309 e. The van der Waals surface area contributed by atoms with Crippen molar-refractivity contribution in [1.29, 1.82) is 0 Å². The van der Waals surface area contributed by atoms with Gasteiger partial charge >= 0.3 is 0 Å². The van der Waals surface area contributed by atoms with Gasteiger partial charge in [-0.15, -0.1) is 22.7 Å². The summed E-state index contributed by atoms with van der Waals surface area (Å²) in [5.74, 6) is 0. The standard InChI is InChI=1S/C11H11BrINS2/c1-6-8(4-9(12)16-6)11(14-2)7-3-10(13)15-5-7/h3-5,11,14H,1-2H3. The van der Waals surface area contributed by atoms with Gasteiger partial charge in [-0.2, -0.15) is 0 Å². The molecule has 0 amide bonds. The molecule has 2 aromatic rings. The summed E-state index contributed by atoms with van der Waals surface area (Å²) in [5.41, 5.74) is 2.72. The first-order valence-corrected chi connectivity index (χ1v) is 8.35. The Morgan fingerprint density at radius 3 is 2.62 bits per heavy atom. The smallest absolute Gasteiger partial charge is 0.0704 e. The largest absolute Gasteiger partial charge is 0.309 e. The van der Waals surface area contributed by atoms with E-state index in [9.17, 15) is 0 Å². The van der Waals surface area contributed by atoms with E-state index in [1.165, 1.54) is 22.7 Å². The molecule has 0 aliphatic carbocycles. The van der Waals surface area contributed by atoms with Crippen molar-refractivity contribution in [3.05, 3.63) is 40.2 Å². The molecule has 0 aliphatic heterocycles. The Bertz CT molecular complexity index is 492. The SMILES string of the molecule is CNC(c1csc(I)c1)c1cc(Br)sc1C. The van der Waals surface area contributed by atoms with E-state index in [-0.39, 0.29) is 0 Å². The summed E-state index contributed by atoms with van der Waals surface area (Å²) >= 11 is 9.50. The molecule has 1 nitrogen and oxygen atoms in total. The summed E-state index contributed by atoms with van der Waals surface area (Å²) in [6, 6.07) is 4.77. The number of aryl methyl sites for hydroxylation is 1. The number of halogens is 2. The highest BCUT2D eigenvalue weighted by atomic mass is 127. The molecule has 86 valence electrons. The molecule has 2 heterocycles. The Kier molecular flexibility index (Phi) is 4.45. The van der Waals surface area contributed by atoms with Gasteiger partial charge in [-0.1, -0.05) is 0 Å². The number of rotatable bonds is 3. The van der Waals surface area contributed by atoms with Crippen molar-refractivity contribution in [3.8, 4) is 0 Å². The average molecular weight is 428 g/mol. The van der Waals surface area contributed by atoms with Gasteiger partial charge in [0.2, 0.25) is 0 Å². The first kappa shape index (κ1) is 13.0. The first-order chi connectivity index (χ1) is 7.61. The van der Waals surface area contributed by atoms with Crippen molar-refractivity contribution in [2.24, 2.45) is 0 Å². The lowest BCUT2D eigenvalue weighted by Gasteiger charge is -2.14.